The van der Waals surface area contributed by atoms with Crippen LogP contribution < -0.4 is 0 Å². The number of carbonyl (C=O) groups excluding carboxylic acids is 1. The highest BCUT2D eigenvalue weighted by Gasteiger charge is 2.25. The predicted molar refractivity (Wildman–Crippen MR) is 88.5 cm³/mol. The molecule has 0 bridgehead atoms. The van der Waals surface area contributed by atoms with Gasteiger partial charge in [0.1, 0.15) is 5.75 Å². The molecule has 1 N–H and O–H groups in total. The first kappa shape index (κ1) is 16.8. The van der Waals surface area contributed by atoms with Gasteiger partial charge in [-0.1, -0.05) is 6.07 Å². The molecule has 1 heterocycles. The first-order valence-electron chi connectivity index (χ1n) is 7.10. The molecule has 2 aromatic rings. The van der Waals surface area contributed by atoms with Gasteiger partial charge in [-0.15, -0.1) is 0 Å². The summed E-state index contributed by atoms with van der Waals surface area (Å²) >= 11 is 0. The number of cyclic esters (lactones) is 1. The van der Waals surface area contributed by atoms with Crippen molar-refractivity contribution < 1.29 is 24.5 Å². The summed E-state index contributed by atoms with van der Waals surface area (Å²) in [6, 6.07) is 8.68. The molecule has 0 unspecified atom stereocenters. The predicted octanol–water partition coefficient (Wildman–Crippen LogP) is 2.55. The molecule has 10 heteroatoms. The van der Waals surface area contributed by atoms with E-state index in [9.17, 15) is 30.1 Å². The molecule has 26 heavy (non-hydrogen) atoms. The van der Waals surface area contributed by atoms with Crippen LogP contribution in [-0.4, -0.2) is 26.8 Å². The van der Waals surface area contributed by atoms with Crippen molar-refractivity contribution in [2.45, 2.75) is 0 Å². The number of aromatic hydroxyl groups is 1. The van der Waals surface area contributed by atoms with Gasteiger partial charge in [-0.25, -0.2) is 9.79 Å². The van der Waals surface area contributed by atoms with Gasteiger partial charge in [0.25, 0.3) is 11.4 Å². The molecule has 0 amide bonds. The lowest BCUT2D eigenvalue weighted by atomic mass is 10.1. The number of esters is 1. The fraction of sp³-hybridized carbons (Fsp3) is 0. The summed E-state index contributed by atoms with van der Waals surface area (Å²) in [5.41, 5.74) is -0.449. The van der Waals surface area contributed by atoms with Gasteiger partial charge in [0, 0.05) is 35.4 Å². The van der Waals surface area contributed by atoms with Gasteiger partial charge in [0.2, 0.25) is 5.90 Å². The third-order valence-electron chi connectivity index (χ3n) is 3.44. The van der Waals surface area contributed by atoms with Crippen LogP contribution in [0.3, 0.4) is 0 Å². The normalized spacial score (nSPS) is 14.8. The van der Waals surface area contributed by atoms with Gasteiger partial charge in [0.05, 0.1) is 9.85 Å². The number of hydrogen-bond donors (Lipinski definition) is 1. The van der Waals surface area contributed by atoms with E-state index >= 15 is 0 Å². The second-order valence-electron chi connectivity index (χ2n) is 5.14. The molecule has 1 aliphatic rings. The Balaban J connectivity index is 2.00. The smallest absolute Gasteiger partial charge is 0.363 e. The van der Waals surface area contributed by atoms with E-state index in [1.807, 2.05) is 0 Å². The van der Waals surface area contributed by atoms with Gasteiger partial charge in [0.15, 0.2) is 5.70 Å². The topological polar surface area (TPSA) is 145 Å². The second-order valence-corrected chi connectivity index (χ2v) is 5.14. The highest BCUT2D eigenvalue weighted by molar-refractivity contribution is 6.13. The standard InChI is InChI=1S/C16H9N3O7/c20-14-5-4-12(19(24)25)7-10(14)8-13-16(21)26-15(17-13)9-2-1-3-11(6-9)18(22)23/h1-8,20H. The lowest BCUT2D eigenvalue weighted by Gasteiger charge is -1.99. The number of hydrogen-bond acceptors (Lipinski definition) is 8. The number of nitro groups is 2. The molecular weight excluding hydrogens is 346 g/mol. The maximum Gasteiger partial charge on any atom is 0.363 e. The molecule has 0 aliphatic carbocycles. The van der Waals surface area contributed by atoms with E-state index in [1.54, 1.807) is 0 Å². The average molecular weight is 355 g/mol. The van der Waals surface area contributed by atoms with E-state index in [-0.39, 0.29) is 39.8 Å². The van der Waals surface area contributed by atoms with E-state index < -0.39 is 15.8 Å². The fourth-order valence-corrected chi connectivity index (χ4v) is 2.20. The number of rotatable bonds is 4. The first-order valence-corrected chi connectivity index (χ1v) is 7.10. The van der Waals surface area contributed by atoms with Gasteiger partial charge < -0.3 is 9.84 Å². The molecule has 0 spiro atoms. The molecule has 0 fully saturated rings. The minimum absolute atomic E-state index is 0.00944. The molecular formula is C16H9N3O7. The Kier molecular flexibility index (Phi) is 4.15. The largest absolute Gasteiger partial charge is 0.507 e. The van der Waals surface area contributed by atoms with Crippen molar-refractivity contribution >= 4 is 29.3 Å². The molecule has 130 valence electrons. The van der Waals surface area contributed by atoms with Crippen LogP contribution in [0.15, 0.2) is 53.2 Å². The number of phenols is 1. The zero-order valence-corrected chi connectivity index (χ0v) is 12.9. The Morgan fingerprint density at radius 2 is 1.73 bits per heavy atom. The van der Waals surface area contributed by atoms with Gasteiger partial charge in [-0.05, 0) is 18.2 Å². The highest BCUT2D eigenvalue weighted by atomic mass is 16.6. The SMILES string of the molecule is O=C1OC(c2cccc([N+](=O)[O-])c2)=NC1=Cc1cc([N+](=O)[O-])ccc1O. The number of benzene rings is 2. The number of non-ortho nitro benzene ring substituents is 2. The van der Waals surface area contributed by atoms with Crippen molar-refractivity contribution in [3.63, 3.8) is 0 Å². The summed E-state index contributed by atoms with van der Waals surface area (Å²) in [6.45, 7) is 0. The molecule has 10 nitrogen and oxygen atoms in total. The summed E-state index contributed by atoms with van der Waals surface area (Å²) in [5.74, 6) is -1.28. The van der Waals surface area contributed by atoms with E-state index in [0.717, 1.165) is 24.3 Å². The van der Waals surface area contributed by atoms with E-state index in [1.165, 1.54) is 24.3 Å². The third kappa shape index (κ3) is 3.24. The van der Waals surface area contributed by atoms with Crippen LogP contribution in [0.2, 0.25) is 0 Å². The van der Waals surface area contributed by atoms with Crippen molar-refractivity contribution in [2.24, 2.45) is 4.99 Å². The highest BCUT2D eigenvalue weighted by Crippen LogP contribution is 2.27. The lowest BCUT2D eigenvalue weighted by molar-refractivity contribution is -0.385. The molecule has 2 aromatic carbocycles. The van der Waals surface area contributed by atoms with E-state index in [2.05, 4.69) is 4.99 Å². The van der Waals surface area contributed by atoms with Crippen molar-refractivity contribution in [1.82, 2.24) is 0 Å². The molecule has 0 aromatic heterocycles. The quantitative estimate of drug-likeness (QED) is 0.384. The van der Waals surface area contributed by atoms with Crippen LogP contribution in [0, 0.1) is 20.2 Å². The number of phenolic OH excluding ortho intramolecular Hbond substituents is 1. The van der Waals surface area contributed by atoms with Crippen LogP contribution in [0.1, 0.15) is 11.1 Å². The molecule has 0 atom stereocenters. The monoisotopic (exact) mass is 355 g/mol. The summed E-state index contributed by atoms with van der Waals surface area (Å²) in [7, 11) is 0. The maximum absolute atomic E-state index is 12.0. The van der Waals surface area contributed by atoms with Gasteiger partial charge in [-0.3, -0.25) is 20.2 Å². The Morgan fingerprint density at radius 3 is 2.42 bits per heavy atom. The fourth-order valence-electron chi connectivity index (χ4n) is 2.20. The summed E-state index contributed by atoms with van der Waals surface area (Å²) in [6.07, 6.45) is 1.13. The lowest BCUT2D eigenvalue weighted by Crippen LogP contribution is -2.05. The Morgan fingerprint density at radius 1 is 1.04 bits per heavy atom. The van der Waals surface area contributed by atoms with Gasteiger partial charge >= 0.3 is 5.97 Å². The Hall–Kier alpha value is -4.08. The van der Waals surface area contributed by atoms with E-state index in [4.69, 9.17) is 4.74 Å². The summed E-state index contributed by atoms with van der Waals surface area (Å²) in [5, 5.41) is 31.4. The van der Waals surface area contributed by atoms with Crippen molar-refractivity contribution in [3.05, 3.63) is 79.5 Å². The third-order valence-corrected chi connectivity index (χ3v) is 3.44. The molecule has 0 saturated heterocycles. The minimum Gasteiger partial charge on any atom is -0.507 e. The summed E-state index contributed by atoms with van der Waals surface area (Å²) in [4.78, 5) is 36.3. The first-order chi connectivity index (χ1) is 12.3. The number of aliphatic imine (C=N–C) groups is 1. The zero-order chi connectivity index (χ0) is 18.8. The zero-order valence-electron chi connectivity index (χ0n) is 12.9. The maximum atomic E-state index is 12.0. The number of ether oxygens (including phenoxy) is 1. The Labute approximate surface area is 145 Å². The van der Waals surface area contributed by atoms with Crippen molar-refractivity contribution in [1.29, 1.82) is 0 Å². The minimum atomic E-state index is -0.850. The van der Waals surface area contributed by atoms with Crippen molar-refractivity contribution in [3.8, 4) is 5.75 Å². The molecule has 0 radical (unpaired) electrons. The summed E-state index contributed by atoms with van der Waals surface area (Å²) < 4.78 is 4.99. The molecule has 3 rings (SSSR count). The van der Waals surface area contributed by atoms with Crippen LogP contribution in [0.25, 0.3) is 6.08 Å². The number of nitrogens with zero attached hydrogens (tertiary/aromatic N) is 3. The average Bonchev–Trinajstić information content (AvgIpc) is 2.97. The van der Waals surface area contributed by atoms with Crippen LogP contribution in [0.5, 0.6) is 5.75 Å². The van der Waals surface area contributed by atoms with Gasteiger partial charge in [-0.2, -0.15) is 0 Å². The van der Waals surface area contributed by atoms with Crippen LogP contribution in [-0.2, 0) is 9.53 Å². The van der Waals surface area contributed by atoms with Crippen LogP contribution in [0.4, 0.5) is 11.4 Å². The Bertz CT molecular complexity index is 1010. The molecule has 0 saturated carbocycles. The van der Waals surface area contributed by atoms with Crippen molar-refractivity contribution in [2.75, 3.05) is 0 Å². The molecule has 1 aliphatic heterocycles. The van der Waals surface area contributed by atoms with E-state index in [0.29, 0.717) is 0 Å². The van der Waals surface area contributed by atoms with Crippen LogP contribution >= 0.6 is 0 Å². The number of nitro benzene ring substituents is 2. The second kappa shape index (κ2) is 6.43. The number of carbonyl (C=O) groups is 1.